The lowest BCUT2D eigenvalue weighted by molar-refractivity contribution is 0.143. The van der Waals surface area contributed by atoms with E-state index in [-0.39, 0.29) is 5.95 Å². The van der Waals surface area contributed by atoms with Crippen molar-refractivity contribution in [3.05, 3.63) is 35.0 Å². The van der Waals surface area contributed by atoms with Gasteiger partial charge in [0.2, 0.25) is 5.95 Å². The average Bonchev–Trinajstić information content (AvgIpc) is 3.53. The van der Waals surface area contributed by atoms with Crippen molar-refractivity contribution in [3.8, 4) is 5.75 Å². The molecule has 2 unspecified atom stereocenters. The van der Waals surface area contributed by atoms with E-state index in [2.05, 4.69) is 64.0 Å². The number of hydrogen-bond acceptors (Lipinski definition) is 9. The summed E-state index contributed by atoms with van der Waals surface area (Å²) in [5.41, 5.74) is 16.3. The van der Waals surface area contributed by atoms with Gasteiger partial charge in [0.05, 0.1) is 19.3 Å². The van der Waals surface area contributed by atoms with E-state index in [1.165, 1.54) is 31.4 Å². The van der Waals surface area contributed by atoms with Gasteiger partial charge in [0.1, 0.15) is 16.8 Å². The third kappa shape index (κ3) is 5.88. The molecule has 2 atom stereocenters. The number of aliphatic hydroxyl groups is 1. The standard InChI is InChI=1S/C21H28N8O.C4H10.CH4O/c1-12-18-19(20(22)25-21(23)24-18)29(26-12)9-14-5-4-13(6-17(14)30-3)8-28-11-15-7-16(28)10-27(15)2;1-3-4-2;1-2/h4-6,15-16H,7-11H2,1-3H3,(H4,22,23,24,25);3-4H2,1-2H3;2H,1H3. The molecule has 0 spiro atoms. The first-order valence-corrected chi connectivity index (χ1v) is 12.6. The number of aromatic nitrogens is 4. The molecule has 0 aliphatic carbocycles. The second-order valence-electron chi connectivity index (χ2n) is 9.47. The summed E-state index contributed by atoms with van der Waals surface area (Å²) in [7, 11) is 4.94. The van der Waals surface area contributed by atoms with Gasteiger partial charge in [0.25, 0.3) is 0 Å². The number of benzene rings is 1. The third-order valence-electron chi connectivity index (χ3n) is 6.98. The van der Waals surface area contributed by atoms with Gasteiger partial charge < -0.3 is 26.2 Å². The molecule has 0 saturated carbocycles. The Morgan fingerprint density at radius 2 is 1.78 bits per heavy atom. The average molecular weight is 499 g/mol. The Bertz CT molecular complexity index is 1140. The lowest BCUT2D eigenvalue weighted by Gasteiger charge is -2.32. The predicted molar refractivity (Wildman–Crippen MR) is 145 cm³/mol. The van der Waals surface area contributed by atoms with Crippen LogP contribution in [0.1, 0.15) is 49.9 Å². The zero-order chi connectivity index (χ0) is 26.4. The first-order chi connectivity index (χ1) is 17.3. The van der Waals surface area contributed by atoms with Gasteiger partial charge in [-0.05, 0) is 32.0 Å². The summed E-state index contributed by atoms with van der Waals surface area (Å²) in [6.07, 6.45) is 3.92. The Morgan fingerprint density at radius 1 is 1.06 bits per heavy atom. The summed E-state index contributed by atoms with van der Waals surface area (Å²) < 4.78 is 7.55. The van der Waals surface area contributed by atoms with Gasteiger partial charge in [-0.1, -0.05) is 38.8 Å². The summed E-state index contributed by atoms with van der Waals surface area (Å²) in [5.74, 6) is 1.35. The normalized spacial score (nSPS) is 19.1. The highest BCUT2D eigenvalue weighted by atomic mass is 16.5. The van der Waals surface area contributed by atoms with Gasteiger partial charge in [-0.2, -0.15) is 10.1 Å². The molecule has 36 heavy (non-hydrogen) atoms. The number of nitrogens with zero attached hydrogens (tertiary/aromatic N) is 6. The number of methoxy groups -OCH3 is 1. The molecule has 2 bridgehead atoms. The van der Waals surface area contributed by atoms with Gasteiger partial charge in [-0.3, -0.25) is 9.58 Å². The molecule has 5 rings (SSSR count). The molecule has 0 radical (unpaired) electrons. The van der Waals surface area contributed by atoms with Crippen LogP contribution in [0.4, 0.5) is 11.8 Å². The molecule has 2 saturated heterocycles. The van der Waals surface area contributed by atoms with E-state index < -0.39 is 0 Å². The van der Waals surface area contributed by atoms with Crippen molar-refractivity contribution in [3.63, 3.8) is 0 Å². The van der Waals surface area contributed by atoms with Crippen molar-refractivity contribution < 1.29 is 9.84 Å². The number of ether oxygens (including phenoxy) is 1. The van der Waals surface area contributed by atoms with Gasteiger partial charge >= 0.3 is 0 Å². The quantitative estimate of drug-likeness (QED) is 0.469. The topological polar surface area (TPSA) is 132 Å². The number of aliphatic hydroxyl groups excluding tert-OH is 1. The maximum absolute atomic E-state index is 7.00. The van der Waals surface area contributed by atoms with E-state index in [0.717, 1.165) is 37.2 Å². The number of anilines is 2. The number of nitrogens with two attached hydrogens (primary N) is 2. The van der Waals surface area contributed by atoms with Gasteiger partial charge in [-0.25, -0.2) is 4.98 Å². The monoisotopic (exact) mass is 498 g/mol. The van der Waals surface area contributed by atoms with Crippen molar-refractivity contribution in [2.75, 3.05) is 45.8 Å². The van der Waals surface area contributed by atoms with Gasteiger partial charge in [0, 0.05) is 44.4 Å². The summed E-state index contributed by atoms with van der Waals surface area (Å²) in [6, 6.07) is 7.81. The molecular weight excluding hydrogens is 456 g/mol. The van der Waals surface area contributed by atoms with Crippen LogP contribution >= 0.6 is 0 Å². The van der Waals surface area contributed by atoms with Crippen molar-refractivity contribution in [1.82, 2.24) is 29.5 Å². The molecule has 0 amide bonds. The third-order valence-corrected chi connectivity index (χ3v) is 6.98. The number of rotatable bonds is 6. The van der Waals surface area contributed by atoms with E-state index in [1.54, 1.807) is 7.11 Å². The molecule has 4 heterocycles. The van der Waals surface area contributed by atoms with Crippen molar-refractivity contribution in [1.29, 1.82) is 0 Å². The first kappa shape index (κ1) is 27.6. The molecule has 10 nitrogen and oxygen atoms in total. The summed E-state index contributed by atoms with van der Waals surface area (Å²) in [5, 5.41) is 11.6. The maximum Gasteiger partial charge on any atom is 0.222 e. The molecule has 2 fully saturated rings. The number of unbranched alkanes of at least 4 members (excludes halogenated alkanes) is 1. The fourth-order valence-corrected chi connectivity index (χ4v) is 4.95. The molecule has 5 N–H and O–H groups in total. The zero-order valence-electron chi connectivity index (χ0n) is 22.5. The van der Waals surface area contributed by atoms with Crippen molar-refractivity contribution >= 4 is 22.8 Å². The maximum atomic E-state index is 7.00. The number of fused-ring (bicyclic) bond motifs is 3. The minimum absolute atomic E-state index is 0.159. The van der Waals surface area contributed by atoms with Crippen LogP contribution in [-0.4, -0.2) is 81.1 Å². The van der Waals surface area contributed by atoms with Gasteiger partial charge in [0.15, 0.2) is 5.82 Å². The molecule has 2 aromatic heterocycles. The number of likely N-dealkylation sites (N-methyl/N-ethyl adjacent to an activating group) is 1. The van der Waals surface area contributed by atoms with Crippen LogP contribution in [0, 0.1) is 6.92 Å². The molecule has 1 aromatic carbocycles. The second-order valence-corrected chi connectivity index (χ2v) is 9.47. The molecule has 2 aliphatic heterocycles. The summed E-state index contributed by atoms with van der Waals surface area (Å²) in [4.78, 5) is 13.5. The largest absolute Gasteiger partial charge is 0.496 e. The first-order valence-electron chi connectivity index (χ1n) is 12.6. The fraction of sp³-hybridized carbons (Fsp3) is 0.577. The zero-order valence-corrected chi connectivity index (χ0v) is 22.5. The molecule has 3 aromatic rings. The van der Waals surface area contributed by atoms with Crippen LogP contribution in [0.15, 0.2) is 18.2 Å². The Morgan fingerprint density at radius 3 is 2.36 bits per heavy atom. The lowest BCUT2D eigenvalue weighted by atomic mass is 10.1. The van der Waals surface area contributed by atoms with Gasteiger partial charge in [-0.15, -0.1) is 0 Å². The fourth-order valence-electron chi connectivity index (χ4n) is 4.95. The Kier molecular flexibility index (Phi) is 9.47. The highest BCUT2D eigenvalue weighted by Gasteiger charge is 2.41. The van der Waals surface area contributed by atoms with Crippen LogP contribution in [0.3, 0.4) is 0 Å². The Labute approximate surface area is 214 Å². The number of nitrogen functional groups attached to an aromatic ring is 2. The van der Waals surface area contributed by atoms with Crippen LogP contribution in [-0.2, 0) is 13.1 Å². The predicted octanol–water partition coefficient (Wildman–Crippen LogP) is 2.66. The van der Waals surface area contributed by atoms with Crippen molar-refractivity contribution in [2.45, 2.75) is 65.2 Å². The molecular formula is C26H42N8O2. The number of aryl methyl sites for hydroxylation is 1. The van der Waals surface area contributed by atoms with E-state index >= 15 is 0 Å². The van der Waals surface area contributed by atoms with E-state index in [1.807, 2.05) is 11.6 Å². The lowest BCUT2D eigenvalue weighted by Crippen LogP contribution is -2.43. The summed E-state index contributed by atoms with van der Waals surface area (Å²) >= 11 is 0. The minimum Gasteiger partial charge on any atom is -0.496 e. The van der Waals surface area contributed by atoms with E-state index in [9.17, 15) is 0 Å². The van der Waals surface area contributed by atoms with E-state index in [4.69, 9.17) is 21.3 Å². The highest BCUT2D eigenvalue weighted by molar-refractivity contribution is 5.87. The Balaban J connectivity index is 0.000000550. The number of piperazine rings is 1. The number of likely N-dealkylation sites (tertiary alicyclic amines) is 2. The van der Waals surface area contributed by atoms with E-state index in [0.29, 0.717) is 35.5 Å². The molecule has 2 aliphatic rings. The number of hydrogen-bond donors (Lipinski definition) is 3. The summed E-state index contributed by atoms with van der Waals surface area (Å²) in [6.45, 7) is 10.0. The highest BCUT2D eigenvalue weighted by Crippen LogP contribution is 2.32. The van der Waals surface area contributed by atoms with Crippen LogP contribution in [0.2, 0.25) is 0 Å². The Hall–Kier alpha value is -2.95. The second kappa shape index (κ2) is 12.3. The molecule has 10 heteroatoms. The van der Waals surface area contributed by atoms with Crippen LogP contribution in [0.5, 0.6) is 5.75 Å². The van der Waals surface area contributed by atoms with Crippen molar-refractivity contribution in [2.24, 2.45) is 0 Å². The van der Waals surface area contributed by atoms with Crippen LogP contribution < -0.4 is 16.2 Å². The van der Waals surface area contributed by atoms with Crippen LogP contribution in [0.25, 0.3) is 11.0 Å². The molecule has 198 valence electrons. The smallest absolute Gasteiger partial charge is 0.222 e. The minimum atomic E-state index is 0.159. The SMILES string of the molecule is CCCC.CO.COc1cc(CN2CC3CC2CN3C)ccc1Cn1nc(C)c2nc(N)nc(N)c21.